The van der Waals surface area contributed by atoms with Gasteiger partial charge in [-0.3, -0.25) is 4.79 Å². The van der Waals surface area contributed by atoms with E-state index in [-0.39, 0.29) is 24.6 Å². The monoisotopic (exact) mass is 253 g/mol. The number of nitrogens with two attached hydrogens (primary N) is 1. The standard InChI is InChI=1S/C13H16FNO3/c1-17-10-4-2-3-9(12(10)14)7-11(16)13(15)5-6-18-8-13/h2-4H,5-8,15H2,1H3. The van der Waals surface area contributed by atoms with Crippen molar-refractivity contribution in [3.8, 4) is 5.75 Å². The van der Waals surface area contributed by atoms with E-state index >= 15 is 0 Å². The lowest BCUT2D eigenvalue weighted by molar-refractivity contribution is -0.123. The van der Waals surface area contributed by atoms with Gasteiger partial charge in [0.2, 0.25) is 0 Å². The van der Waals surface area contributed by atoms with E-state index in [2.05, 4.69) is 0 Å². The Labute approximate surface area is 105 Å². The van der Waals surface area contributed by atoms with Crippen LogP contribution < -0.4 is 10.5 Å². The van der Waals surface area contributed by atoms with Gasteiger partial charge < -0.3 is 15.2 Å². The van der Waals surface area contributed by atoms with Gasteiger partial charge in [0, 0.05) is 13.0 Å². The lowest BCUT2D eigenvalue weighted by Crippen LogP contribution is -2.49. The first-order valence-corrected chi connectivity index (χ1v) is 5.78. The summed E-state index contributed by atoms with van der Waals surface area (Å²) in [5.74, 6) is -0.572. The van der Waals surface area contributed by atoms with Crippen LogP contribution in [0.25, 0.3) is 0 Å². The van der Waals surface area contributed by atoms with Crippen LogP contribution in [0, 0.1) is 5.82 Å². The molecule has 1 atom stereocenters. The summed E-state index contributed by atoms with van der Waals surface area (Å²) in [7, 11) is 1.39. The summed E-state index contributed by atoms with van der Waals surface area (Å²) in [6.45, 7) is 0.681. The number of Topliss-reactive ketones (excluding diaryl/α,β-unsaturated/α-hetero) is 1. The van der Waals surface area contributed by atoms with Gasteiger partial charge in [-0.2, -0.15) is 0 Å². The maximum atomic E-state index is 13.9. The van der Waals surface area contributed by atoms with E-state index in [1.54, 1.807) is 12.1 Å². The van der Waals surface area contributed by atoms with Gasteiger partial charge in [0.25, 0.3) is 0 Å². The summed E-state index contributed by atoms with van der Waals surface area (Å²) < 4.78 is 23.9. The number of ether oxygens (including phenoxy) is 2. The summed E-state index contributed by atoms with van der Waals surface area (Å²) in [5, 5.41) is 0. The molecule has 0 spiro atoms. The van der Waals surface area contributed by atoms with Crippen LogP contribution in [0.5, 0.6) is 5.75 Å². The molecule has 2 rings (SSSR count). The minimum atomic E-state index is -0.977. The molecule has 1 aromatic rings. The number of carbonyl (C=O) groups excluding carboxylic acids is 1. The topological polar surface area (TPSA) is 61.5 Å². The summed E-state index contributed by atoms with van der Waals surface area (Å²) in [6, 6.07) is 4.73. The molecule has 0 saturated carbocycles. The molecule has 1 aliphatic rings. The van der Waals surface area contributed by atoms with Crippen LogP contribution in [0.2, 0.25) is 0 Å². The number of halogens is 1. The molecule has 0 bridgehead atoms. The highest BCUT2D eigenvalue weighted by Gasteiger charge is 2.38. The number of benzene rings is 1. The summed E-state index contributed by atoms with van der Waals surface area (Å²) in [4.78, 5) is 12.1. The van der Waals surface area contributed by atoms with Crippen molar-refractivity contribution in [3.05, 3.63) is 29.6 Å². The third-order valence-electron chi connectivity index (χ3n) is 3.22. The van der Waals surface area contributed by atoms with Crippen molar-refractivity contribution in [2.24, 2.45) is 5.73 Å². The average molecular weight is 253 g/mol. The van der Waals surface area contributed by atoms with Gasteiger partial charge in [-0.1, -0.05) is 12.1 Å². The maximum Gasteiger partial charge on any atom is 0.168 e. The van der Waals surface area contributed by atoms with Gasteiger partial charge in [0.05, 0.1) is 13.7 Å². The molecule has 1 saturated heterocycles. The molecule has 1 aliphatic heterocycles. The van der Waals surface area contributed by atoms with Gasteiger partial charge >= 0.3 is 0 Å². The zero-order valence-corrected chi connectivity index (χ0v) is 10.2. The second-order valence-electron chi connectivity index (χ2n) is 4.49. The lowest BCUT2D eigenvalue weighted by atomic mass is 9.90. The van der Waals surface area contributed by atoms with Crippen LogP contribution in [0.1, 0.15) is 12.0 Å². The van der Waals surface area contributed by atoms with Crippen LogP contribution in [0.3, 0.4) is 0 Å². The van der Waals surface area contributed by atoms with Crippen molar-refractivity contribution >= 4 is 5.78 Å². The van der Waals surface area contributed by atoms with Crippen molar-refractivity contribution in [2.45, 2.75) is 18.4 Å². The normalized spacial score (nSPS) is 23.1. The molecular weight excluding hydrogens is 237 g/mol. The molecule has 1 fully saturated rings. The first-order chi connectivity index (χ1) is 8.57. The van der Waals surface area contributed by atoms with Gasteiger partial charge in [0.1, 0.15) is 5.54 Å². The van der Waals surface area contributed by atoms with Crippen molar-refractivity contribution in [2.75, 3.05) is 20.3 Å². The Morgan fingerprint density at radius 1 is 1.61 bits per heavy atom. The highest BCUT2D eigenvalue weighted by atomic mass is 19.1. The summed E-state index contributed by atoms with van der Waals surface area (Å²) in [5.41, 5.74) is 5.27. The molecule has 0 aromatic heterocycles. The van der Waals surface area contributed by atoms with Crippen molar-refractivity contribution in [3.63, 3.8) is 0 Å². The maximum absolute atomic E-state index is 13.9. The highest BCUT2D eigenvalue weighted by Crippen LogP contribution is 2.23. The van der Waals surface area contributed by atoms with E-state index in [9.17, 15) is 9.18 Å². The quantitative estimate of drug-likeness (QED) is 0.871. The first-order valence-electron chi connectivity index (χ1n) is 5.78. The highest BCUT2D eigenvalue weighted by molar-refractivity contribution is 5.90. The average Bonchev–Trinajstić information content (AvgIpc) is 2.80. The van der Waals surface area contributed by atoms with Gasteiger partial charge in [0.15, 0.2) is 17.3 Å². The summed E-state index contributed by atoms with van der Waals surface area (Å²) >= 11 is 0. The number of hydrogen-bond donors (Lipinski definition) is 1. The number of hydrogen-bond acceptors (Lipinski definition) is 4. The first kappa shape index (κ1) is 13.0. The number of methoxy groups -OCH3 is 1. The Kier molecular flexibility index (Phi) is 3.63. The number of rotatable bonds is 4. The summed E-state index contributed by atoms with van der Waals surface area (Å²) in [6.07, 6.45) is 0.445. The molecule has 18 heavy (non-hydrogen) atoms. The van der Waals surface area contributed by atoms with E-state index in [4.69, 9.17) is 15.2 Å². The van der Waals surface area contributed by atoms with E-state index < -0.39 is 11.4 Å². The van der Waals surface area contributed by atoms with Gasteiger partial charge in [-0.05, 0) is 18.1 Å². The SMILES string of the molecule is COc1cccc(CC(=O)C2(N)CCOC2)c1F. The molecule has 0 amide bonds. The fraction of sp³-hybridized carbons (Fsp3) is 0.462. The molecule has 98 valence electrons. The third kappa shape index (κ3) is 2.37. The van der Waals surface area contributed by atoms with Crippen LogP contribution >= 0.6 is 0 Å². The fourth-order valence-electron chi connectivity index (χ4n) is 2.00. The molecule has 0 radical (unpaired) electrons. The van der Waals surface area contributed by atoms with Crippen molar-refractivity contribution < 1.29 is 18.7 Å². The molecule has 5 heteroatoms. The third-order valence-corrected chi connectivity index (χ3v) is 3.22. The van der Waals surface area contributed by atoms with Crippen molar-refractivity contribution in [1.82, 2.24) is 0 Å². The molecule has 1 aromatic carbocycles. The number of carbonyl (C=O) groups is 1. The minimum absolute atomic E-state index is 0.0388. The largest absolute Gasteiger partial charge is 0.494 e. The number of ketones is 1. The Balaban J connectivity index is 2.16. The molecule has 4 nitrogen and oxygen atoms in total. The van der Waals surface area contributed by atoms with Crippen LogP contribution in [-0.4, -0.2) is 31.6 Å². The van der Waals surface area contributed by atoms with Crippen LogP contribution in [0.15, 0.2) is 18.2 Å². The minimum Gasteiger partial charge on any atom is -0.494 e. The molecule has 1 heterocycles. The van der Waals surface area contributed by atoms with E-state index in [0.717, 1.165) is 0 Å². The molecular formula is C13H16FNO3. The smallest absolute Gasteiger partial charge is 0.168 e. The zero-order valence-electron chi connectivity index (χ0n) is 10.2. The Hall–Kier alpha value is -1.46. The molecule has 0 aliphatic carbocycles. The van der Waals surface area contributed by atoms with E-state index in [1.807, 2.05) is 0 Å². The van der Waals surface area contributed by atoms with E-state index in [0.29, 0.717) is 18.6 Å². The predicted molar refractivity (Wildman–Crippen MR) is 64.0 cm³/mol. The van der Waals surface area contributed by atoms with Crippen molar-refractivity contribution in [1.29, 1.82) is 0 Å². The van der Waals surface area contributed by atoms with Crippen LogP contribution in [-0.2, 0) is 16.0 Å². The molecule has 2 N–H and O–H groups in total. The zero-order chi connectivity index (χ0) is 13.2. The van der Waals surface area contributed by atoms with Crippen LogP contribution in [0.4, 0.5) is 4.39 Å². The van der Waals surface area contributed by atoms with E-state index in [1.165, 1.54) is 13.2 Å². The lowest BCUT2D eigenvalue weighted by Gasteiger charge is -2.20. The second kappa shape index (κ2) is 5.04. The Bertz CT molecular complexity index is 456. The van der Waals surface area contributed by atoms with Gasteiger partial charge in [-0.25, -0.2) is 4.39 Å². The molecule has 1 unspecified atom stereocenters. The Morgan fingerprint density at radius 3 is 3.00 bits per heavy atom. The fourth-order valence-corrected chi connectivity index (χ4v) is 2.00. The van der Waals surface area contributed by atoms with Gasteiger partial charge in [-0.15, -0.1) is 0 Å². The predicted octanol–water partition coefficient (Wildman–Crippen LogP) is 1.06. The second-order valence-corrected chi connectivity index (χ2v) is 4.49. The Morgan fingerprint density at radius 2 is 2.39 bits per heavy atom.